The molecule has 11 heavy (non-hydrogen) atoms. The molecule has 0 bridgehead atoms. The molecule has 0 aromatic carbocycles. The fourth-order valence-electron chi connectivity index (χ4n) is 1.15. The molecular formula is C8H9NO2. The number of aliphatic carboxylic acids is 1. The highest BCUT2D eigenvalue weighted by atomic mass is 16.4. The van der Waals surface area contributed by atoms with Crippen LogP contribution in [0.4, 0.5) is 0 Å². The molecule has 3 heteroatoms. The molecule has 0 saturated carbocycles. The largest absolute Gasteiger partial charge is 0.478 e. The van der Waals surface area contributed by atoms with Crippen molar-refractivity contribution in [3.8, 4) is 6.07 Å². The quantitative estimate of drug-likeness (QED) is 0.614. The Morgan fingerprint density at radius 1 is 1.82 bits per heavy atom. The maximum absolute atomic E-state index is 10.4. The maximum Gasteiger partial charge on any atom is 0.331 e. The van der Waals surface area contributed by atoms with Crippen LogP contribution in [-0.2, 0) is 4.79 Å². The van der Waals surface area contributed by atoms with Gasteiger partial charge >= 0.3 is 5.97 Å². The van der Waals surface area contributed by atoms with Crippen LogP contribution in [0.25, 0.3) is 0 Å². The van der Waals surface area contributed by atoms with Gasteiger partial charge in [-0.05, 0) is 19.3 Å². The summed E-state index contributed by atoms with van der Waals surface area (Å²) < 4.78 is 0. The molecule has 1 aliphatic rings. The molecule has 0 aliphatic heterocycles. The minimum absolute atomic E-state index is 0.0260. The molecule has 0 fully saturated rings. The third-order valence-electron chi connectivity index (χ3n) is 1.87. The van der Waals surface area contributed by atoms with E-state index in [9.17, 15) is 4.79 Å². The molecule has 0 aromatic heterocycles. The van der Waals surface area contributed by atoms with E-state index < -0.39 is 5.97 Å². The zero-order valence-electron chi connectivity index (χ0n) is 6.08. The fourth-order valence-corrected chi connectivity index (χ4v) is 1.15. The second-order valence-corrected chi connectivity index (χ2v) is 2.63. The lowest BCUT2D eigenvalue weighted by atomic mass is 9.91. The SMILES string of the molecule is N#C[C@@H]1CC=C(C(=O)O)CC1. The van der Waals surface area contributed by atoms with Crippen LogP contribution in [0, 0.1) is 17.2 Å². The summed E-state index contributed by atoms with van der Waals surface area (Å²) in [5.74, 6) is -0.820. The summed E-state index contributed by atoms with van der Waals surface area (Å²) in [4.78, 5) is 10.4. The van der Waals surface area contributed by atoms with Gasteiger partial charge in [0.2, 0.25) is 0 Å². The molecule has 0 aromatic rings. The summed E-state index contributed by atoms with van der Waals surface area (Å²) in [5, 5.41) is 17.0. The van der Waals surface area contributed by atoms with Crippen molar-refractivity contribution in [3.05, 3.63) is 11.6 Å². The summed E-state index contributed by atoms with van der Waals surface area (Å²) in [5.41, 5.74) is 0.455. The van der Waals surface area contributed by atoms with E-state index in [1.165, 1.54) is 0 Å². The van der Waals surface area contributed by atoms with Crippen LogP contribution in [-0.4, -0.2) is 11.1 Å². The van der Waals surface area contributed by atoms with E-state index >= 15 is 0 Å². The molecule has 0 heterocycles. The second-order valence-electron chi connectivity index (χ2n) is 2.63. The van der Waals surface area contributed by atoms with E-state index in [2.05, 4.69) is 6.07 Å². The van der Waals surface area contributed by atoms with Crippen LogP contribution in [0.2, 0.25) is 0 Å². The predicted octanol–water partition coefficient (Wildman–Crippen LogP) is 1.32. The van der Waals surface area contributed by atoms with Crippen molar-refractivity contribution in [3.63, 3.8) is 0 Å². The van der Waals surface area contributed by atoms with Gasteiger partial charge in [0, 0.05) is 5.57 Å². The molecule has 0 unspecified atom stereocenters. The minimum Gasteiger partial charge on any atom is -0.478 e. The van der Waals surface area contributed by atoms with Gasteiger partial charge in [0.1, 0.15) is 0 Å². The fraction of sp³-hybridized carbons (Fsp3) is 0.500. The zero-order chi connectivity index (χ0) is 8.27. The number of carboxylic acids is 1. The van der Waals surface area contributed by atoms with Crippen LogP contribution < -0.4 is 0 Å². The Balaban J connectivity index is 2.59. The predicted molar refractivity (Wildman–Crippen MR) is 38.7 cm³/mol. The Morgan fingerprint density at radius 2 is 2.55 bits per heavy atom. The molecule has 1 aliphatic carbocycles. The molecule has 3 nitrogen and oxygen atoms in total. The van der Waals surface area contributed by atoms with Crippen LogP contribution in [0.5, 0.6) is 0 Å². The summed E-state index contributed by atoms with van der Waals surface area (Å²) in [6.45, 7) is 0. The summed E-state index contributed by atoms with van der Waals surface area (Å²) in [6, 6.07) is 2.13. The van der Waals surface area contributed by atoms with Crippen LogP contribution in [0.1, 0.15) is 19.3 Å². The number of hydrogen-bond acceptors (Lipinski definition) is 2. The highest BCUT2D eigenvalue weighted by molar-refractivity contribution is 5.86. The smallest absolute Gasteiger partial charge is 0.331 e. The standard InChI is InChI=1S/C8H9NO2/c9-5-6-1-3-7(4-2-6)8(10)11/h3,6H,1-2,4H2,(H,10,11)/t6-/m1/s1. The maximum atomic E-state index is 10.4. The number of nitriles is 1. The van der Waals surface area contributed by atoms with Gasteiger partial charge in [0.15, 0.2) is 0 Å². The van der Waals surface area contributed by atoms with Crippen molar-refractivity contribution in [1.82, 2.24) is 0 Å². The topological polar surface area (TPSA) is 61.1 Å². The monoisotopic (exact) mass is 151 g/mol. The molecule has 58 valence electrons. The summed E-state index contributed by atoms with van der Waals surface area (Å²) >= 11 is 0. The first-order chi connectivity index (χ1) is 5.24. The van der Waals surface area contributed by atoms with Gasteiger partial charge in [0.05, 0.1) is 12.0 Å². The highest BCUT2D eigenvalue weighted by Gasteiger charge is 2.16. The van der Waals surface area contributed by atoms with Crippen LogP contribution >= 0.6 is 0 Å². The van der Waals surface area contributed by atoms with Gasteiger partial charge < -0.3 is 5.11 Å². The lowest BCUT2D eigenvalue weighted by molar-refractivity contribution is -0.132. The lowest BCUT2D eigenvalue weighted by Gasteiger charge is -2.12. The summed E-state index contributed by atoms with van der Waals surface area (Å²) in [6.07, 6.45) is 3.47. The molecule has 1 N–H and O–H groups in total. The molecule has 0 spiro atoms. The average molecular weight is 151 g/mol. The second kappa shape index (κ2) is 3.20. The molecule has 0 amide bonds. The van der Waals surface area contributed by atoms with Gasteiger partial charge in [-0.2, -0.15) is 5.26 Å². The first-order valence-electron chi connectivity index (χ1n) is 3.56. The zero-order valence-corrected chi connectivity index (χ0v) is 6.08. The normalized spacial score (nSPS) is 23.5. The average Bonchev–Trinajstić information content (AvgIpc) is 2.05. The van der Waals surface area contributed by atoms with Crippen molar-refractivity contribution in [2.75, 3.05) is 0 Å². The van der Waals surface area contributed by atoms with E-state index in [0.29, 0.717) is 24.8 Å². The third kappa shape index (κ3) is 1.81. The van der Waals surface area contributed by atoms with Crippen molar-refractivity contribution in [2.24, 2.45) is 5.92 Å². The van der Waals surface area contributed by atoms with E-state index in [-0.39, 0.29) is 5.92 Å². The lowest BCUT2D eigenvalue weighted by Crippen LogP contribution is -2.09. The highest BCUT2D eigenvalue weighted by Crippen LogP contribution is 2.22. The Labute approximate surface area is 64.9 Å². The number of carboxylic acid groups (broad SMARTS) is 1. The Hall–Kier alpha value is -1.30. The number of carbonyl (C=O) groups is 1. The van der Waals surface area contributed by atoms with E-state index in [1.54, 1.807) is 6.08 Å². The van der Waals surface area contributed by atoms with Gasteiger partial charge in [-0.3, -0.25) is 0 Å². The third-order valence-corrected chi connectivity index (χ3v) is 1.87. The Kier molecular flexibility index (Phi) is 2.27. The number of allylic oxidation sites excluding steroid dienone is 1. The van der Waals surface area contributed by atoms with Gasteiger partial charge in [0.25, 0.3) is 0 Å². The van der Waals surface area contributed by atoms with Crippen LogP contribution in [0.15, 0.2) is 11.6 Å². The number of nitrogens with zero attached hydrogens (tertiary/aromatic N) is 1. The van der Waals surface area contributed by atoms with Crippen LogP contribution in [0.3, 0.4) is 0 Å². The van der Waals surface area contributed by atoms with Gasteiger partial charge in [-0.15, -0.1) is 0 Å². The Morgan fingerprint density at radius 3 is 2.91 bits per heavy atom. The van der Waals surface area contributed by atoms with E-state index in [4.69, 9.17) is 10.4 Å². The first-order valence-corrected chi connectivity index (χ1v) is 3.56. The Bertz CT molecular complexity index is 237. The van der Waals surface area contributed by atoms with Gasteiger partial charge in [-0.25, -0.2) is 4.79 Å². The van der Waals surface area contributed by atoms with E-state index in [1.807, 2.05) is 0 Å². The van der Waals surface area contributed by atoms with Crippen molar-refractivity contribution in [1.29, 1.82) is 5.26 Å². The summed E-state index contributed by atoms with van der Waals surface area (Å²) in [7, 11) is 0. The van der Waals surface area contributed by atoms with Crippen molar-refractivity contribution >= 4 is 5.97 Å². The van der Waals surface area contributed by atoms with E-state index in [0.717, 1.165) is 0 Å². The van der Waals surface area contributed by atoms with Gasteiger partial charge in [-0.1, -0.05) is 6.08 Å². The molecule has 0 radical (unpaired) electrons. The number of hydrogen-bond donors (Lipinski definition) is 1. The minimum atomic E-state index is -0.846. The first kappa shape index (κ1) is 7.80. The number of rotatable bonds is 1. The van der Waals surface area contributed by atoms with Crippen molar-refractivity contribution < 1.29 is 9.90 Å². The molecule has 1 rings (SSSR count). The molecule has 1 atom stereocenters. The molecule has 0 saturated heterocycles. The van der Waals surface area contributed by atoms with Crippen molar-refractivity contribution in [2.45, 2.75) is 19.3 Å². The molecular weight excluding hydrogens is 142 g/mol.